The van der Waals surface area contributed by atoms with Gasteiger partial charge < -0.3 is 25.6 Å². The third-order valence-corrected chi connectivity index (χ3v) is 4.49. The van der Waals surface area contributed by atoms with Crippen molar-refractivity contribution in [3.8, 4) is 11.5 Å². The number of nitrogens with one attached hydrogen (secondary N) is 2. The lowest BCUT2D eigenvalue weighted by atomic mass is 9.94. The van der Waals surface area contributed by atoms with Crippen molar-refractivity contribution in [1.29, 1.82) is 0 Å². The molecule has 0 unspecified atom stereocenters. The maximum Gasteiger partial charge on any atom is 0.262 e. The summed E-state index contributed by atoms with van der Waals surface area (Å²) >= 11 is 0. The maximum atomic E-state index is 13.4. The van der Waals surface area contributed by atoms with Gasteiger partial charge in [-0.1, -0.05) is 6.07 Å². The van der Waals surface area contributed by atoms with Gasteiger partial charge >= 0.3 is 0 Å². The zero-order valence-corrected chi connectivity index (χ0v) is 15.6. The molecule has 6 nitrogen and oxygen atoms in total. The second-order valence-corrected chi connectivity index (χ2v) is 7.45. The Balaban J connectivity index is 1.70. The largest absolute Gasteiger partial charge is 0.508 e. The monoisotopic (exact) mass is 392 g/mol. The predicted molar refractivity (Wildman–Crippen MR) is 99.3 cm³/mol. The Labute approximate surface area is 161 Å². The van der Waals surface area contributed by atoms with Crippen molar-refractivity contribution in [2.45, 2.75) is 31.9 Å². The number of aliphatic hydroxyl groups excluding tert-OH is 1. The molecule has 28 heavy (non-hydrogen) atoms. The van der Waals surface area contributed by atoms with Gasteiger partial charge in [0.2, 0.25) is 0 Å². The van der Waals surface area contributed by atoms with E-state index in [0.717, 1.165) is 12.1 Å². The molecule has 1 heterocycles. The lowest BCUT2D eigenvalue weighted by Gasteiger charge is -2.29. The van der Waals surface area contributed by atoms with E-state index in [9.17, 15) is 23.8 Å². The highest BCUT2D eigenvalue weighted by atomic mass is 19.2. The third-order valence-electron chi connectivity index (χ3n) is 4.49. The van der Waals surface area contributed by atoms with Crippen LogP contribution in [0.5, 0.6) is 11.5 Å². The van der Waals surface area contributed by atoms with E-state index in [-0.39, 0.29) is 24.8 Å². The number of phenols is 1. The van der Waals surface area contributed by atoms with Gasteiger partial charge in [0.1, 0.15) is 11.5 Å². The Bertz CT molecular complexity index is 902. The lowest BCUT2D eigenvalue weighted by molar-refractivity contribution is -0.118. The van der Waals surface area contributed by atoms with E-state index in [0.29, 0.717) is 29.0 Å². The molecule has 8 heteroatoms. The number of ether oxygens (including phenoxy) is 1. The first-order valence-electron chi connectivity index (χ1n) is 8.81. The number of hydrogen-bond acceptors (Lipinski definition) is 5. The van der Waals surface area contributed by atoms with Crippen molar-refractivity contribution < 1.29 is 28.5 Å². The SMILES string of the molecule is CC(C)(Cc1ccc(F)c(F)c1)NC[C@H](O)c1cc(O)cc2c1OCC(=O)N2. The summed E-state index contributed by atoms with van der Waals surface area (Å²) in [4.78, 5) is 11.5. The van der Waals surface area contributed by atoms with Crippen molar-refractivity contribution in [3.05, 3.63) is 53.1 Å². The number of benzene rings is 2. The summed E-state index contributed by atoms with van der Waals surface area (Å²) in [6.07, 6.45) is -0.623. The molecule has 2 aromatic rings. The molecule has 0 fully saturated rings. The van der Waals surface area contributed by atoms with Crippen LogP contribution in [0.4, 0.5) is 14.5 Å². The summed E-state index contributed by atoms with van der Waals surface area (Å²) in [5.74, 6) is -1.95. The number of aliphatic hydroxyl groups is 1. The van der Waals surface area contributed by atoms with Crippen LogP contribution in [-0.2, 0) is 11.2 Å². The number of carbonyl (C=O) groups is 1. The molecule has 0 saturated carbocycles. The fourth-order valence-corrected chi connectivity index (χ4v) is 3.17. The van der Waals surface area contributed by atoms with Crippen LogP contribution in [0, 0.1) is 11.6 Å². The second-order valence-electron chi connectivity index (χ2n) is 7.45. The van der Waals surface area contributed by atoms with Gasteiger partial charge in [-0.05, 0) is 44.0 Å². The minimum atomic E-state index is -1.03. The van der Waals surface area contributed by atoms with Gasteiger partial charge in [0.25, 0.3) is 5.91 Å². The molecule has 1 atom stereocenters. The normalized spacial score (nSPS) is 14.8. The fourth-order valence-electron chi connectivity index (χ4n) is 3.17. The number of halogens is 2. The van der Waals surface area contributed by atoms with E-state index in [2.05, 4.69) is 10.6 Å². The minimum absolute atomic E-state index is 0.111. The smallest absolute Gasteiger partial charge is 0.262 e. The standard InChI is InChI=1S/C20H22F2N2O4/c1-20(2,8-11-3-4-14(21)15(22)5-11)23-9-17(26)13-6-12(25)7-16-19(13)28-10-18(27)24-16/h3-7,17,23,25-26H,8-10H2,1-2H3,(H,24,27)/t17-/m0/s1. The van der Waals surface area contributed by atoms with Crippen LogP contribution in [0.2, 0.25) is 0 Å². The van der Waals surface area contributed by atoms with E-state index in [1.54, 1.807) is 0 Å². The van der Waals surface area contributed by atoms with Gasteiger partial charge in [0.15, 0.2) is 18.2 Å². The molecule has 1 aliphatic heterocycles. The number of amides is 1. The Morgan fingerprint density at radius 3 is 2.71 bits per heavy atom. The van der Waals surface area contributed by atoms with Gasteiger partial charge in [0, 0.05) is 23.7 Å². The Hall–Kier alpha value is -2.71. The zero-order valence-electron chi connectivity index (χ0n) is 15.6. The highest BCUT2D eigenvalue weighted by Crippen LogP contribution is 2.38. The first kappa shape index (κ1) is 20.0. The molecule has 0 spiro atoms. The van der Waals surface area contributed by atoms with Crippen LogP contribution >= 0.6 is 0 Å². The van der Waals surface area contributed by atoms with E-state index < -0.39 is 23.3 Å². The predicted octanol–water partition coefficient (Wildman–Crippen LogP) is 2.65. The van der Waals surface area contributed by atoms with Gasteiger partial charge in [-0.15, -0.1) is 0 Å². The summed E-state index contributed by atoms with van der Waals surface area (Å²) in [7, 11) is 0. The van der Waals surface area contributed by atoms with Crippen LogP contribution in [0.3, 0.4) is 0 Å². The molecule has 150 valence electrons. The van der Waals surface area contributed by atoms with E-state index in [1.807, 2.05) is 13.8 Å². The van der Waals surface area contributed by atoms with Crippen LogP contribution in [0.1, 0.15) is 31.1 Å². The highest BCUT2D eigenvalue weighted by Gasteiger charge is 2.26. The number of carbonyl (C=O) groups excluding carboxylic acids is 1. The number of rotatable bonds is 6. The first-order chi connectivity index (χ1) is 13.1. The molecular formula is C20H22F2N2O4. The average molecular weight is 392 g/mol. The number of hydrogen-bond donors (Lipinski definition) is 4. The molecular weight excluding hydrogens is 370 g/mol. The van der Waals surface area contributed by atoms with Crippen molar-refractivity contribution in [3.63, 3.8) is 0 Å². The lowest BCUT2D eigenvalue weighted by Crippen LogP contribution is -2.43. The molecule has 0 bridgehead atoms. The summed E-state index contributed by atoms with van der Waals surface area (Å²) in [5, 5.41) is 26.2. The molecule has 1 aliphatic rings. The maximum absolute atomic E-state index is 13.4. The van der Waals surface area contributed by atoms with Crippen molar-refractivity contribution >= 4 is 11.6 Å². The molecule has 0 saturated heterocycles. The topological polar surface area (TPSA) is 90.8 Å². The minimum Gasteiger partial charge on any atom is -0.508 e. The molecule has 0 aromatic heterocycles. The van der Waals surface area contributed by atoms with Crippen molar-refractivity contribution in [2.24, 2.45) is 0 Å². The van der Waals surface area contributed by atoms with Gasteiger partial charge in [-0.25, -0.2) is 8.78 Å². The Morgan fingerprint density at radius 2 is 2.00 bits per heavy atom. The molecule has 0 aliphatic carbocycles. The van der Waals surface area contributed by atoms with Gasteiger partial charge in [-0.3, -0.25) is 4.79 Å². The van der Waals surface area contributed by atoms with Crippen LogP contribution in [-0.4, -0.2) is 34.8 Å². The third kappa shape index (κ3) is 4.58. The molecule has 0 radical (unpaired) electrons. The van der Waals surface area contributed by atoms with Crippen LogP contribution in [0.25, 0.3) is 0 Å². The van der Waals surface area contributed by atoms with Crippen molar-refractivity contribution in [2.75, 3.05) is 18.5 Å². The number of fused-ring (bicyclic) bond motifs is 1. The number of anilines is 1. The van der Waals surface area contributed by atoms with Gasteiger partial charge in [0.05, 0.1) is 11.8 Å². The van der Waals surface area contributed by atoms with Crippen LogP contribution < -0.4 is 15.4 Å². The fraction of sp³-hybridized carbons (Fsp3) is 0.350. The number of β-amino-alcohol motifs (C(OH)–C–C–N with tert-alkyl or cyclic N) is 1. The zero-order chi connectivity index (χ0) is 20.5. The molecule has 2 aromatic carbocycles. The van der Waals surface area contributed by atoms with Crippen molar-refractivity contribution in [1.82, 2.24) is 5.32 Å². The quantitative estimate of drug-likeness (QED) is 0.607. The highest BCUT2D eigenvalue weighted by molar-refractivity contribution is 5.96. The Morgan fingerprint density at radius 1 is 1.25 bits per heavy atom. The van der Waals surface area contributed by atoms with Crippen LogP contribution in [0.15, 0.2) is 30.3 Å². The van der Waals surface area contributed by atoms with E-state index >= 15 is 0 Å². The number of phenolic OH excluding ortho intramolecular Hbond substituents is 1. The summed E-state index contributed by atoms with van der Waals surface area (Å²) in [6, 6.07) is 6.48. The van der Waals surface area contributed by atoms with Gasteiger partial charge in [-0.2, -0.15) is 0 Å². The van der Waals surface area contributed by atoms with E-state index in [4.69, 9.17) is 4.74 Å². The molecule has 1 amide bonds. The average Bonchev–Trinajstić information content (AvgIpc) is 2.61. The first-order valence-corrected chi connectivity index (χ1v) is 8.81. The summed E-state index contributed by atoms with van der Waals surface area (Å²) in [6.45, 7) is 3.68. The molecule has 3 rings (SSSR count). The summed E-state index contributed by atoms with van der Waals surface area (Å²) in [5.41, 5.74) is 0.723. The Kier molecular flexibility index (Phi) is 5.53. The van der Waals surface area contributed by atoms with E-state index in [1.165, 1.54) is 18.2 Å². The molecule has 4 N–H and O–H groups in total. The summed E-state index contributed by atoms with van der Waals surface area (Å²) < 4.78 is 31.9. The number of aromatic hydroxyl groups is 1. The second kappa shape index (κ2) is 7.73.